The molecule has 2 aromatic rings. The molecule has 33 heavy (non-hydrogen) atoms. The van der Waals surface area contributed by atoms with Gasteiger partial charge in [0.2, 0.25) is 0 Å². The Labute approximate surface area is 198 Å². The Hall–Kier alpha value is -3.38. The largest absolute Gasteiger partial charge is 0.493 e. The molecule has 0 radical (unpaired) electrons. The molecule has 0 unspecified atom stereocenters. The van der Waals surface area contributed by atoms with Crippen LogP contribution in [0.15, 0.2) is 24.3 Å². The molecule has 1 aromatic carbocycles. The van der Waals surface area contributed by atoms with Crippen LogP contribution in [-0.4, -0.2) is 43.7 Å². The van der Waals surface area contributed by atoms with Gasteiger partial charge in [0.25, 0.3) is 5.91 Å². The van der Waals surface area contributed by atoms with E-state index in [2.05, 4.69) is 11.9 Å². The van der Waals surface area contributed by atoms with Crippen LogP contribution >= 0.6 is 11.3 Å². The number of anilines is 1. The van der Waals surface area contributed by atoms with Crippen molar-refractivity contribution in [2.75, 3.05) is 31.8 Å². The molecular formula is C24H29N3O5S. The van der Waals surface area contributed by atoms with Crippen LogP contribution < -0.4 is 14.4 Å². The molecule has 8 nitrogen and oxygen atoms in total. The van der Waals surface area contributed by atoms with Gasteiger partial charge in [-0.2, -0.15) is 5.26 Å². The molecule has 1 aromatic heterocycles. The summed E-state index contributed by atoms with van der Waals surface area (Å²) in [6.07, 6.45) is 5.96. The molecule has 1 heterocycles. The number of rotatable bonds is 12. The van der Waals surface area contributed by atoms with Crippen LogP contribution in [0.2, 0.25) is 0 Å². The summed E-state index contributed by atoms with van der Waals surface area (Å²) in [5.74, 6) is 0.253. The zero-order valence-electron chi connectivity index (χ0n) is 19.4. The summed E-state index contributed by atoms with van der Waals surface area (Å²) >= 11 is 1.16. The second kappa shape index (κ2) is 13.2. The zero-order chi connectivity index (χ0) is 24.2. The Kier molecular flexibility index (Phi) is 10.4. The molecule has 0 atom stereocenters. The number of thiazole rings is 1. The first-order valence-electron chi connectivity index (χ1n) is 10.8. The maximum atomic E-state index is 13.1. The molecule has 9 heteroatoms. The summed E-state index contributed by atoms with van der Waals surface area (Å²) in [5, 5.41) is 9.16. The fraction of sp³-hybridized carbons (Fsp3) is 0.417. The van der Waals surface area contributed by atoms with Crippen molar-refractivity contribution in [2.24, 2.45) is 0 Å². The molecule has 1 amide bonds. The van der Waals surface area contributed by atoms with Gasteiger partial charge in [0.1, 0.15) is 10.9 Å². The highest BCUT2D eigenvalue weighted by Gasteiger charge is 2.22. The fourth-order valence-electron chi connectivity index (χ4n) is 2.98. The summed E-state index contributed by atoms with van der Waals surface area (Å²) in [6.45, 7) is 6.26. The molecule has 176 valence electrons. The second-order valence-electron chi connectivity index (χ2n) is 7.02. The first-order valence-corrected chi connectivity index (χ1v) is 11.6. The lowest BCUT2D eigenvalue weighted by Crippen LogP contribution is -2.30. The van der Waals surface area contributed by atoms with Crippen molar-refractivity contribution in [1.29, 1.82) is 5.26 Å². The van der Waals surface area contributed by atoms with Gasteiger partial charge in [0.05, 0.1) is 19.4 Å². The molecule has 0 spiro atoms. The third-order valence-corrected chi connectivity index (χ3v) is 5.79. The zero-order valence-corrected chi connectivity index (χ0v) is 20.2. The van der Waals surface area contributed by atoms with Crippen LogP contribution in [0, 0.1) is 18.3 Å². The van der Waals surface area contributed by atoms with E-state index in [0.717, 1.165) is 36.2 Å². The predicted molar refractivity (Wildman–Crippen MR) is 128 cm³/mol. The van der Waals surface area contributed by atoms with E-state index in [9.17, 15) is 9.59 Å². The number of methoxy groups -OCH3 is 1. The number of benzene rings is 1. The number of aryl methyl sites for hydroxylation is 1. The predicted octanol–water partition coefficient (Wildman–Crippen LogP) is 4.78. The van der Waals surface area contributed by atoms with Crippen molar-refractivity contribution in [3.8, 4) is 17.6 Å². The van der Waals surface area contributed by atoms with Gasteiger partial charge in [-0.15, -0.1) is 0 Å². The number of hydrogen-bond acceptors (Lipinski definition) is 8. The Balaban J connectivity index is 2.26. The minimum absolute atomic E-state index is 0.0855. The number of aromatic nitrogens is 1. The van der Waals surface area contributed by atoms with Gasteiger partial charge >= 0.3 is 5.97 Å². The van der Waals surface area contributed by atoms with Crippen LogP contribution in [0.4, 0.5) is 5.13 Å². The summed E-state index contributed by atoms with van der Waals surface area (Å²) in [4.78, 5) is 31.7. The van der Waals surface area contributed by atoms with Gasteiger partial charge in [-0.1, -0.05) is 37.2 Å². The molecule has 0 aliphatic heterocycles. The highest BCUT2D eigenvalue weighted by molar-refractivity contribution is 7.17. The Morgan fingerprint density at radius 3 is 2.70 bits per heavy atom. The van der Waals surface area contributed by atoms with Crippen LogP contribution in [0.5, 0.6) is 11.5 Å². The maximum Gasteiger partial charge on any atom is 0.350 e. The van der Waals surface area contributed by atoms with E-state index < -0.39 is 5.97 Å². The van der Waals surface area contributed by atoms with E-state index in [4.69, 9.17) is 19.5 Å². The molecule has 0 aliphatic rings. The topological polar surface area (TPSA) is 102 Å². The first kappa shape index (κ1) is 25.9. The van der Waals surface area contributed by atoms with Crippen LogP contribution in [0.25, 0.3) is 6.08 Å². The number of nitrogens with zero attached hydrogens (tertiary/aromatic N) is 3. The lowest BCUT2D eigenvalue weighted by atomic mass is 10.2. The Morgan fingerprint density at radius 2 is 2.03 bits per heavy atom. The van der Waals surface area contributed by atoms with Gasteiger partial charge in [0.15, 0.2) is 23.2 Å². The normalized spacial score (nSPS) is 10.6. The van der Waals surface area contributed by atoms with Gasteiger partial charge in [-0.3, -0.25) is 9.69 Å². The average Bonchev–Trinajstić information content (AvgIpc) is 3.20. The van der Waals surface area contributed by atoms with Crippen molar-refractivity contribution in [1.82, 2.24) is 4.98 Å². The highest BCUT2D eigenvalue weighted by atomic mass is 32.1. The van der Waals surface area contributed by atoms with Gasteiger partial charge in [-0.05, 0) is 44.0 Å². The van der Waals surface area contributed by atoms with Crippen LogP contribution in [0.3, 0.4) is 0 Å². The Morgan fingerprint density at radius 1 is 1.24 bits per heavy atom. The molecule has 0 aliphatic carbocycles. The number of hydrogen-bond donors (Lipinski definition) is 0. The highest BCUT2D eigenvalue weighted by Crippen LogP contribution is 2.30. The average molecular weight is 472 g/mol. The maximum absolute atomic E-state index is 13.1. The fourth-order valence-corrected chi connectivity index (χ4v) is 3.97. The van der Waals surface area contributed by atoms with Gasteiger partial charge in [0, 0.05) is 12.6 Å². The second-order valence-corrected chi connectivity index (χ2v) is 8.00. The van der Waals surface area contributed by atoms with E-state index in [1.165, 1.54) is 13.2 Å². The van der Waals surface area contributed by atoms with E-state index in [1.54, 1.807) is 43.0 Å². The smallest absolute Gasteiger partial charge is 0.350 e. The monoisotopic (exact) mass is 471 g/mol. The third-order valence-electron chi connectivity index (χ3n) is 4.63. The van der Waals surface area contributed by atoms with Crippen molar-refractivity contribution in [2.45, 2.75) is 40.0 Å². The summed E-state index contributed by atoms with van der Waals surface area (Å²) in [5.41, 5.74) is 1.28. The Bertz CT molecular complexity index is 1030. The minimum Gasteiger partial charge on any atom is -0.493 e. The number of carbonyl (C=O) groups is 2. The molecule has 2 rings (SSSR count). The van der Waals surface area contributed by atoms with Crippen molar-refractivity contribution >= 4 is 34.4 Å². The lowest BCUT2D eigenvalue weighted by molar-refractivity contribution is -0.114. The van der Waals surface area contributed by atoms with Crippen LogP contribution in [-0.2, 0) is 9.53 Å². The summed E-state index contributed by atoms with van der Waals surface area (Å²) in [7, 11) is 1.51. The molecule has 0 saturated carbocycles. The molecule has 0 fully saturated rings. The van der Waals surface area contributed by atoms with E-state index in [1.807, 2.05) is 6.07 Å². The van der Waals surface area contributed by atoms with Crippen molar-refractivity contribution in [3.63, 3.8) is 0 Å². The third kappa shape index (κ3) is 7.32. The minimum atomic E-state index is -0.430. The van der Waals surface area contributed by atoms with Crippen molar-refractivity contribution < 1.29 is 23.8 Å². The number of amides is 1. The van der Waals surface area contributed by atoms with E-state index in [-0.39, 0.29) is 19.1 Å². The summed E-state index contributed by atoms with van der Waals surface area (Å²) < 4.78 is 15.7. The number of carbonyl (C=O) groups excluding carboxylic acids is 2. The molecular weight excluding hydrogens is 442 g/mol. The van der Waals surface area contributed by atoms with Crippen LogP contribution in [0.1, 0.15) is 54.0 Å². The number of unbranched alkanes of at least 4 members (excludes halogenated alkanes) is 2. The standard InChI is InChI=1S/C24H29N3O5S/c1-5-7-8-14-27(24-26-17(3)22(33-24)23(29)31-6-2)21(28)12-10-18-9-11-19(32-15-13-25)20(16-18)30-4/h9-12,16H,5-8,14-15H2,1-4H3/b12-10+. The molecule has 0 saturated heterocycles. The number of esters is 1. The number of nitriles is 1. The molecule has 0 bridgehead atoms. The van der Waals surface area contributed by atoms with Crippen molar-refractivity contribution in [3.05, 3.63) is 40.4 Å². The lowest BCUT2D eigenvalue weighted by Gasteiger charge is -2.18. The van der Waals surface area contributed by atoms with E-state index >= 15 is 0 Å². The SMILES string of the molecule is CCCCCN(C(=O)/C=C/c1ccc(OCC#N)c(OC)c1)c1nc(C)c(C(=O)OCC)s1. The summed E-state index contributed by atoms with van der Waals surface area (Å²) in [6, 6.07) is 7.10. The quantitative estimate of drug-likeness (QED) is 0.249. The first-order chi connectivity index (χ1) is 15.9. The van der Waals surface area contributed by atoms with Gasteiger partial charge in [-0.25, -0.2) is 9.78 Å². The van der Waals surface area contributed by atoms with E-state index in [0.29, 0.717) is 33.7 Å². The van der Waals surface area contributed by atoms with Gasteiger partial charge < -0.3 is 14.2 Å². The number of ether oxygens (including phenoxy) is 3. The molecule has 0 N–H and O–H groups in total.